The molecule has 14 heavy (non-hydrogen) atoms. The number of ether oxygens (including phenoxy) is 1. The van der Waals surface area contributed by atoms with Gasteiger partial charge < -0.3 is 9.72 Å². The van der Waals surface area contributed by atoms with Crippen LogP contribution in [0.3, 0.4) is 0 Å². The first kappa shape index (κ1) is 11.2. The van der Waals surface area contributed by atoms with Gasteiger partial charge in [-0.05, 0) is 20.3 Å². The summed E-state index contributed by atoms with van der Waals surface area (Å²) in [6, 6.07) is 2.06. The Kier molecular flexibility index (Phi) is 4.57. The Morgan fingerprint density at radius 2 is 2.00 bits per heavy atom. The highest BCUT2D eigenvalue weighted by Crippen LogP contribution is 2.18. The summed E-state index contributed by atoms with van der Waals surface area (Å²) in [6.45, 7) is 7.17. The molecule has 2 heteroatoms. The molecule has 0 unspecified atom stereocenters. The summed E-state index contributed by atoms with van der Waals surface area (Å²) in [6.07, 6.45) is 5.03. The summed E-state index contributed by atoms with van der Waals surface area (Å²) < 4.78 is 5.67. The van der Waals surface area contributed by atoms with Crippen LogP contribution in [0.15, 0.2) is 6.07 Å². The Balaban J connectivity index is 2.21. The molecule has 0 aliphatic heterocycles. The van der Waals surface area contributed by atoms with Crippen LogP contribution in [0.4, 0.5) is 0 Å². The van der Waals surface area contributed by atoms with Crippen molar-refractivity contribution in [2.45, 2.75) is 46.5 Å². The van der Waals surface area contributed by atoms with E-state index in [9.17, 15) is 0 Å². The van der Waals surface area contributed by atoms with Gasteiger partial charge in [0.1, 0.15) is 5.75 Å². The number of unbranched alkanes of at least 4 members (excludes halogenated alkanes) is 3. The van der Waals surface area contributed by atoms with Crippen LogP contribution < -0.4 is 4.74 Å². The van der Waals surface area contributed by atoms with Crippen LogP contribution in [-0.2, 0) is 0 Å². The first-order chi connectivity index (χ1) is 6.74. The van der Waals surface area contributed by atoms with Crippen LogP contribution in [0.25, 0.3) is 0 Å². The molecule has 1 heterocycles. The molecule has 0 saturated carbocycles. The van der Waals surface area contributed by atoms with Crippen molar-refractivity contribution in [2.24, 2.45) is 0 Å². The molecule has 1 aromatic rings. The van der Waals surface area contributed by atoms with Gasteiger partial charge in [0.05, 0.1) is 12.3 Å². The van der Waals surface area contributed by atoms with Crippen molar-refractivity contribution in [1.29, 1.82) is 0 Å². The van der Waals surface area contributed by atoms with Crippen LogP contribution in [0.1, 0.15) is 44.0 Å². The number of rotatable bonds is 6. The molecule has 0 aliphatic rings. The molecular formula is C12H21NO. The Hall–Kier alpha value is -0.920. The number of aryl methyl sites for hydroxylation is 2. The van der Waals surface area contributed by atoms with E-state index in [0.29, 0.717) is 0 Å². The molecular weight excluding hydrogens is 174 g/mol. The Labute approximate surface area is 86.7 Å². The van der Waals surface area contributed by atoms with E-state index in [2.05, 4.69) is 24.9 Å². The smallest absolute Gasteiger partial charge is 0.139 e. The van der Waals surface area contributed by atoms with Crippen LogP contribution >= 0.6 is 0 Å². The van der Waals surface area contributed by atoms with E-state index in [0.717, 1.165) is 24.5 Å². The summed E-state index contributed by atoms with van der Waals surface area (Å²) in [7, 11) is 0. The average Bonchev–Trinajstić information content (AvgIpc) is 2.45. The van der Waals surface area contributed by atoms with E-state index in [1.807, 2.05) is 6.92 Å². The summed E-state index contributed by atoms with van der Waals surface area (Å²) in [4.78, 5) is 3.23. The lowest BCUT2D eigenvalue weighted by Gasteiger charge is -2.04. The molecule has 1 N–H and O–H groups in total. The zero-order valence-electron chi connectivity index (χ0n) is 9.52. The van der Waals surface area contributed by atoms with Gasteiger partial charge in [0.2, 0.25) is 0 Å². The molecule has 2 nitrogen and oxygen atoms in total. The standard InChI is InChI=1S/C12H21NO/c1-4-5-6-7-8-14-12-9-10(2)13-11(12)3/h9,13H,4-8H2,1-3H3. The molecule has 1 aromatic heterocycles. The highest BCUT2D eigenvalue weighted by molar-refractivity contribution is 5.30. The summed E-state index contributed by atoms with van der Waals surface area (Å²) in [5, 5.41) is 0. The quantitative estimate of drug-likeness (QED) is 0.689. The van der Waals surface area contributed by atoms with E-state index < -0.39 is 0 Å². The van der Waals surface area contributed by atoms with E-state index in [1.165, 1.54) is 25.0 Å². The zero-order chi connectivity index (χ0) is 10.4. The van der Waals surface area contributed by atoms with E-state index in [-0.39, 0.29) is 0 Å². The molecule has 0 amide bonds. The van der Waals surface area contributed by atoms with Gasteiger partial charge in [-0.1, -0.05) is 26.2 Å². The first-order valence-electron chi connectivity index (χ1n) is 5.53. The summed E-state index contributed by atoms with van der Waals surface area (Å²) >= 11 is 0. The van der Waals surface area contributed by atoms with Crippen molar-refractivity contribution in [2.75, 3.05) is 6.61 Å². The minimum atomic E-state index is 0.845. The molecule has 0 bridgehead atoms. The van der Waals surface area contributed by atoms with Gasteiger partial charge in [-0.25, -0.2) is 0 Å². The van der Waals surface area contributed by atoms with Gasteiger partial charge >= 0.3 is 0 Å². The van der Waals surface area contributed by atoms with Crippen LogP contribution in [0.2, 0.25) is 0 Å². The SMILES string of the molecule is CCCCCCOc1cc(C)[nH]c1C. The number of nitrogens with one attached hydrogen (secondary N) is 1. The molecule has 0 aliphatic carbocycles. The average molecular weight is 195 g/mol. The second-order valence-electron chi connectivity index (χ2n) is 3.85. The molecule has 0 spiro atoms. The topological polar surface area (TPSA) is 25.0 Å². The first-order valence-corrected chi connectivity index (χ1v) is 5.53. The van der Waals surface area contributed by atoms with Gasteiger partial charge in [0.15, 0.2) is 0 Å². The third-order valence-corrected chi connectivity index (χ3v) is 2.36. The largest absolute Gasteiger partial charge is 0.492 e. The lowest BCUT2D eigenvalue weighted by atomic mass is 10.2. The minimum absolute atomic E-state index is 0.845. The van der Waals surface area contributed by atoms with Crippen molar-refractivity contribution >= 4 is 0 Å². The van der Waals surface area contributed by atoms with E-state index >= 15 is 0 Å². The minimum Gasteiger partial charge on any atom is -0.492 e. The Bertz CT molecular complexity index is 265. The summed E-state index contributed by atoms with van der Waals surface area (Å²) in [5.41, 5.74) is 2.31. The van der Waals surface area contributed by atoms with Crippen molar-refractivity contribution in [3.05, 3.63) is 17.5 Å². The second-order valence-corrected chi connectivity index (χ2v) is 3.85. The summed E-state index contributed by atoms with van der Waals surface area (Å²) in [5.74, 6) is 1.01. The Morgan fingerprint density at radius 3 is 2.57 bits per heavy atom. The monoisotopic (exact) mass is 195 g/mol. The van der Waals surface area contributed by atoms with Gasteiger partial charge in [-0.15, -0.1) is 0 Å². The molecule has 0 aromatic carbocycles. The molecule has 0 radical (unpaired) electrons. The van der Waals surface area contributed by atoms with Crippen molar-refractivity contribution < 1.29 is 4.74 Å². The molecule has 80 valence electrons. The zero-order valence-corrected chi connectivity index (χ0v) is 9.52. The van der Waals surface area contributed by atoms with Crippen molar-refractivity contribution in [3.63, 3.8) is 0 Å². The third-order valence-electron chi connectivity index (χ3n) is 2.36. The predicted octanol–water partition coefficient (Wildman–Crippen LogP) is 3.59. The number of hydrogen-bond acceptors (Lipinski definition) is 1. The van der Waals surface area contributed by atoms with Crippen molar-refractivity contribution in [3.8, 4) is 5.75 Å². The molecule has 1 rings (SSSR count). The fourth-order valence-electron chi connectivity index (χ4n) is 1.56. The third kappa shape index (κ3) is 3.44. The van der Waals surface area contributed by atoms with E-state index in [4.69, 9.17) is 4.74 Å². The molecule has 0 saturated heterocycles. The van der Waals surface area contributed by atoms with Gasteiger partial charge in [0.25, 0.3) is 0 Å². The van der Waals surface area contributed by atoms with Crippen LogP contribution in [0.5, 0.6) is 5.75 Å². The predicted molar refractivity (Wildman–Crippen MR) is 59.9 cm³/mol. The molecule has 0 fully saturated rings. The van der Waals surface area contributed by atoms with Gasteiger partial charge in [0, 0.05) is 11.8 Å². The lowest BCUT2D eigenvalue weighted by Crippen LogP contribution is -1.97. The number of aromatic nitrogens is 1. The highest BCUT2D eigenvalue weighted by Gasteiger charge is 2.01. The fraction of sp³-hybridized carbons (Fsp3) is 0.667. The van der Waals surface area contributed by atoms with Crippen LogP contribution in [0, 0.1) is 13.8 Å². The maximum Gasteiger partial charge on any atom is 0.139 e. The normalized spacial score (nSPS) is 10.5. The van der Waals surface area contributed by atoms with Crippen molar-refractivity contribution in [1.82, 2.24) is 4.98 Å². The number of hydrogen-bond donors (Lipinski definition) is 1. The molecule has 0 atom stereocenters. The van der Waals surface area contributed by atoms with Crippen LogP contribution in [-0.4, -0.2) is 11.6 Å². The highest BCUT2D eigenvalue weighted by atomic mass is 16.5. The number of H-pyrrole nitrogens is 1. The fourth-order valence-corrected chi connectivity index (χ4v) is 1.56. The Morgan fingerprint density at radius 1 is 1.21 bits per heavy atom. The maximum absolute atomic E-state index is 5.67. The maximum atomic E-state index is 5.67. The number of aromatic amines is 1. The second kappa shape index (κ2) is 5.74. The van der Waals surface area contributed by atoms with Gasteiger partial charge in [-0.3, -0.25) is 0 Å². The lowest BCUT2D eigenvalue weighted by molar-refractivity contribution is 0.303. The van der Waals surface area contributed by atoms with E-state index in [1.54, 1.807) is 0 Å². The van der Waals surface area contributed by atoms with Gasteiger partial charge in [-0.2, -0.15) is 0 Å².